The van der Waals surface area contributed by atoms with Crippen LogP contribution in [0.3, 0.4) is 0 Å². The van der Waals surface area contributed by atoms with Gasteiger partial charge in [0, 0.05) is 25.4 Å². The molecule has 0 bridgehead atoms. The third kappa shape index (κ3) is 3.89. The Hall–Kier alpha value is -2.94. The molecule has 4 rings (SSSR count). The van der Waals surface area contributed by atoms with Gasteiger partial charge < -0.3 is 24.8 Å². The highest BCUT2D eigenvalue weighted by Crippen LogP contribution is 2.38. The van der Waals surface area contributed by atoms with Crippen molar-refractivity contribution in [1.29, 1.82) is 0 Å². The first-order chi connectivity index (χ1) is 14.5. The molecule has 1 aliphatic carbocycles. The van der Waals surface area contributed by atoms with E-state index in [0.29, 0.717) is 37.6 Å². The van der Waals surface area contributed by atoms with Crippen LogP contribution in [0.25, 0.3) is 0 Å². The molecule has 8 nitrogen and oxygen atoms in total. The Morgan fingerprint density at radius 3 is 2.67 bits per heavy atom. The van der Waals surface area contributed by atoms with Gasteiger partial charge in [-0.05, 0) is 42.9 Å². The van der Waals surface area contributed by atoms with Crippen molar-refractivity contribution < 1.29 is 23.8 Å². The van der Waals surface area contributed by atoms with E-state index >= 15 is 0 Å². The van der Waals surface area contributed by atoms with Crippen LogP contribution in [-0.4, -0.2) is 60.4 Å². The molecule has 0 unspecified atom stereocenters. The Bertz CT molecular complexity index is 928. The topological polar surface area (TPSA) is 96.8 Å². The molecule has 9 heteroatoms. The molecule has 4 atom stereocenters. The summed E-state index contributed by atoms with van der Waals surface area (Å²) in [5, 5.41) is 13.6. The van der Waals surface area contributed by atoms with Crippen molar-refractivity contribution in [3.8, 4) is 11.8 Å². The lowest BCUT2D eigenvalue weighted by Gasteiger charge is -2.35. The third-order valence-corrected chi connectivity index (χ3v) is 5.98. The summed E-state index contributed by atoms with van der Waals surface area (Å²) in [6.45, 7) is 1.29. The zero-order chi connectivity index (χ0) is 21.3. The number of nitrogens with one attached hydrogen (secondary N) is 1. The third-order valence-electron chi connectivity index (χ3n) is 5.98. The zero-order valence-electron chi connectivity index (χ0n) is 16.9. The maximum atomic E-state index is 14.1. The molecular weight excluding hydrogens is 391 g/mol. The van der Waals surface area contributed by atoms with E-state index in [2.05, 4.69) is 15.3 Å². The Labute approximate surface area is 174 Å². The second kappa shape index (κ2) is 8.43. The minimum Gasteiger partial charge on any atom is -0.481 e. The summed E-state index contributed by atoms with van der Waals surface area (Å²) in [6.07, 6.45) is 2.04. The number of fused-ring (bicyclic) bond motifs is 1. The highest BCUT2D eigenvalue weighted by Gasteiger charge is 2.43. The standard InChI is InChI=1S/C21H25FN4O4/c1-29-18-6-5-14(21(25-18)30-2)20(28)24-16-8-12-10-26(11-13(12)9-17(16)27)19-15(22)4-3-7-23-19/h3-7,12-13,16-17,27H,8-11H2,1-2H3,(H,24,28)/t12-,13+,16-,17-/m0/s1. The fourth-order valence-corrected chi connectivity index (χ4v) is 4.48. The molecule has 2 aliphatic rings. The van der Waals surface area contributed by atoms with Crippen molar-refractivity contribution >= 4 is 11.7 Å². The monoisotopic (exact) mass is 416 g/mol. The molecule has 1 aliphatic heterocycles. The van der Waals surface area contributed by atoms with Crippen molar-refractivity contribution in [2.45, 2.75) is 25.0 Å². The first-order valence-electron chi connectivity index (χ1n) is 9.93. The van der Waals surface area contributed by atoms with Crippen LogP contribution in [0.2, 0.25) is 0 Å². The molecule has 0 spiro atoms. The van der Waals surface area contributed by atoms with Crippen LogP contribution in [0.1, 0.15) is 23.2 Å². The molecule has 30 heavy (non-hydrogen) atoms. The van der Waals surface area contributed by atoms with Gasteiger partial charge in [-0.25, -0.2) is 9.37 Å². The maximum absolute atomic E-state index is 14.1. The quantitative estimate of drug-likeness (QED) is 0.765. The number of pyridine rings is 2. The molecule has 1 saturated carbocycles. The van der Waals surface area contributed by atoms with Crippen LogP contribution in [-0.2, 0) is 0 Å². The molecule has 1 saturated heterocycles. The normalized spacial score (nSPS) is 25.5. The zero-order valence-corrected chi connectivity index (χ0v) is 16.9. The first-order valence-corrected chi connectivity index (χ1v) is 9.93. The Morgan fingerprint density at radius 2 is 1.97 bits per heavy atom. The van der Waals surface area contributed by atoms with E-state index in [1.165, 1.54) is 20.3 Å². The molecule has 2 N–H and O–H groups in total. The minimum atomic E-state index is -0.680. The number of hydrogen-bond donors (Lipinski definition) is 2. The first kappa shape index (κ1) is 20.3. The van der Waals surface area contributed by atoms with E-state index in [1.54, 1.807) is 24.4 Å². The highest BCUT2D eigenvalue weighted by molar-refractivity contribution is 5.96. The van der Waals surface area contributed by atoms with Gasteiger partial charge in [0.25, 0.3) is 5.91 Å². The van der Waals surface area contributed by atoms with Crippen LogP contribution in [0, 0.1) is 17.7 Å². The molecule has 1 amide bonds. The van der Waals surface area contributed by atoms with Crippen molar-refractivity contribution in [2.24, 2.45) is 11.8 Å². The number of aliphatic hydroxyl groups excluding tert-OH is 1. The molecule has 2 aromatic rings. The number of aromatic nitrogens is 2. The van der Waals surface area contributed by atoms with Crippen LogP contribution in [0.4, 0.5) is 10.2 Å². The molecule has 0 aromatic carbocycles. The number of rotatable bonds is 5. The summed E-state index contributed by atoms with van der Waals surface area (Å²) in [7, 11) is 2.92. The van der Waals surface area contributed by atoms with Gasteiger partial charge in [-0.3, -0.25) is 4.79 Å². The molecule has 2 aromatic heterocycles. The Kier molecular flexibility index (Phi) is 5.72. The number of methoxy groups -OCH3 is 2. The SMILES string of the molecule is COc1ccc(C(=O)N[C@H]2C[C@H]3CN(c4ncccc4F)C[C@H]3C[C@@H]2O)c(OC)n1. The molecule has 0 radical (unpaired) electrons. The number of amides is 1. The van der Waals surface area contributed by atoms with E-state index in [4.69, 9.17) is 9.47 Å². The number of halogens is 1. The van der Waals surface area contributed by atoms with Crippen molar-refractivity contribution in [1.82, 2.24) is 15.3 Å². The van der Waals surface area contributed by atoms with E-state index in [9.17, 15) is 14.3 Å². The van der Waals surface area contributed by atoms with Gasteiger partial charge in [0.1, 0.15) is 5.56 Å². The summed E-state index contributed by atoms with van der Waals surface area (Å²) >= 11 is 0. The number of carbonyl (C=O) groups excluding carboxylic acids is 1. The smallest absolute Gasteiger partial charge is 0.257 e. The number of nitrogens with zero attached hydrogens (tertiary/aromatic N) is 3. The maximum Gasteiger partial charge on any atom is 0.257 e. The highest BCUT2D eigenvalue weighted by atomic mass is 19.1. The molecule has 2 fully saturated rings. The number of hydrogen-bond acceptors (Lipinski definition) is 7. The van der Waals surface area contributed by atoms with Crippen molar-refractivity contribution in [2.75, 3.05) is 32.2 Å². The van der Waals surface area contributed by atoms with Gasteiger partial charge in [0.15, 0.2) is 11.6 Å². The second-order valence-electron chi connectivity index (χ2n) is 7.76. The van der Waals surface area contributed by atoms with Crippen LogP contribution in [0.5, 0.6) is 11.8 Å². The lowest BCUT2D eigenvalue weighted by Crippen LogP contribution is -2.49. The predicted octanol–water partition coefficient (Wildman–Crippen LogP) is 1.64. The van der Waals surface area contributed by atoms with E-state index in [1.807, 2.05) is 4.90 Å². The van der Waals surface area contributed by atoms with Gasteiger partial charge in [-0.15, -0.1) is 0 Å². The van der Waals surface area contributed by atoms with Gasteiger partial charge in [0.2, 0.25) is 11.8 Å². The summed E-state index contributed by atoms with van der Waals surface area (Å²) in [4.78, 5) is 23.0. The van der Waals surface area contributed by atoms with E-state index < -0.39 is 12.1 Å². The van der Waals surface area contributed by atoms with Crippen LogP contribution >= 0.6 is 0 Å². The summed E-state index contributed by atoms with van der Waals surface area (Å²) in [5.41, 5.74) is 0.274. The Balaban J connectivity index is 1.45. The van der Waals surface area contributed by atoms with Gasteiger partial charge in [0.05, 0.1) is 26.4 Å². The number of aliphatic hydroxyl groups is 1. The Morgan fingerprint density at radius 1 is 1.20 bits per heavy atom. The predicted molar refractivity (Wildman–Crippen MR) is 107 cm³/mol. The summed E-state index contributed by atoms with van der Waals surface area (Å²) in [6, 6.07) is 5.73. The van der Waals surface area contributed by atoms with Gasteiger partial charge in [-0.2, -0.15) is 4.98 Å². The second-order valence-corrected chi connectivity index (χ2v) is 7.76. The lowest BCUT2D eigenvalue weighted by atomic mass is 9.77. The van der Waals surface area contributed by atoms with Crippen LogP contribution < -0.4 is 19.7 Å². The number of carbonyl (C=O) groups is 1. The largest absolute Gasteiger partial charge is 0.481 e. The fraction of sp³-hybridized carbons (Fsp3) is 0.476. The van der Waals surface area contributed by atoms with Crippen molar-refractivity contribution in [3.05, 3.63) is 41.8 Å². The van der Waals surface area contributed by atoms with Gasteiger partial charge >= 0.3 is 0 Å². The lowest BCUT2D eigenvalue weighted by molar-refractivity contribution is 0.0461. The average Bonchev–Trinajstić information content (AvgIpc) is 3.16. The minimum absolute atomic E-state index is 0.160. The summed E-state index contributed by atoms with van der Waals surface area (Å²) in [5.74, 6) is 0.596. The number of anilines is 1. The number of ether oxygens (including phenoxy) is 2. The average molecular weight is 416 g/mol. The van der Waals surface area contributed by atoms with E-state index in [-0.39, 0.29) is 35.0 Å². The van der Waals surface area contributed by atoms with E-state index in [0.717, 1.165) is 0 Å². The molecule has 3 heterocycles. The van der Waals surface area contributed by atoms with Gasteiger partial charge in [-0.1, -0.05) is 0 Å². The molecule has 160 valence electrons. The fourth-order valence-electron chi connectivity index (χ4n) is 4.48. The van der Waals surface area contributed by atoms with Crippen molar-refractivity contribution in [3.63, 3.8) is 0 Å². The summed E-state index contributed by atoms with van der Waals surface area (Å²) < 4.78 is 24.4. The van der Waals surface area contributed by atoms with Crippen LogP contribution in [0.15, 0.2) is 30.5 Å². The molecular formula is C21H25FN4O4.